The number of anilines is 1. The number of hydrogen-bond donors (Lipinski definition) is 1. The van der Waals surface area contributed by atoms with Crippen LogP contribution in [0.2, 0.25) is 0 Å². The second kappa shape index (κ2) is 5.76. The molecule has 0 bridgehead atoms. The maximum atomic E-state index is 10.6. The Bertz CT molecular complexity index is 413. The van der Waals surface area contributed by atoms with Gasteiger partial charge in [0.25, 0.3) is 0 Å². The number of nitrogens with zero attached hydrogens (tertiary/aromatic N) is 1. The first kappa shape index (κ1) is 14.4. The lowest BCUT2D eigenvalue weighted by Crippen LogP contribution is -2.29. The van der Waals surface area contributed by atoms with Crippen LogP contribution in [0.15, 0.2) is 24.3 Å². The Morgan fingerprint density at radius 2 is 2.06 bits per heavy atom. The van der Waals surface area contributed by atoms with Gasteiger partial charge in [-0.2, -0.15) is 0 Å². The summed E-state index contributed by atoms with van der Waals surface area (Å²) in [6.07, 6.45) is 0.592. The van der Waals surface area contributed by atoms with E-state index in [-0.39, 0.29) is 6.42 Å². The molecule has 0 aliphatic heterocycles. The summed E-state index contributed by atoms with van der Waals surface area (Å²) in [7, 11) is 3.93. The SMILES string of the molecule is CN(C)c1cccc(OC(C)(C)CCC(=O)O)c1. The fourth-order valence-electron chi connectivity index (χ4n) is 1.60. The molecule has 0 aromatic heterocycles. The van der Waals surface area contributed by atoms with Crippen molar-refractivity contribution in [3.63, 3.8) is 0 Å². The van der Waals surface area contributed by atoms with E-state index in [1.165, 1.54) is 0 Å². The minimum Gasteiger partial charge on any atom is -0.488 e. The van der Waals surface area contributed by atoms with Gasteiger partial charge in [-0.1, -0.05) is 6.07 Å². The van der Waals surface area contributed by atoms with E-state index in [0.717, 1.165) is 11.4 Å². The summed E-state index contributed by atoms with van der Waals surface area (Å²) in [5, 5.41) is 8.70. The lowest BCUT2D eigenvalue weighted by atomic mass is 10.0. The van der Waals surface area contributed by atoms with Gasteiger partial charge < -0.3 is 14.7 Å². The van der Waals surface area contributed by atoms with Crippen LogP contribution in [0.25, 0.3) is 0 Å². The molecule has 4 nitrogen and oxygen atoms in total. The largest absolute Gasteiger partial charge is 0.488 e. The Hall–Kier alpha value is -1.71. The fraction of sp³-hybridized carbons (Fsp3) is 0.500. The summed E-state index contributed by atoms with van der Waals surface area (Å²) in [5.41, 5.74) is 0.574. The van der Waals surface area contributed by atoms with E-state index in [1.54, 1.807) is 0 Å². The number of ether oxygens (including phenoxy) is 1. The summed E-state index contributed by atoms with van der Waals surface area (Å²) in [6.45, 7) is 3.80. The molecule has 1 rings (SSSR count). The van der Waals surface area contributed by atoms with Gasteiger partial charge in [-0.15, -0.1) is 0 Å². The van der Waals surface area contributed by atoms with Crippen molar-refractivity contribution < 1.29 is 14.6 Å². The van der Waals surface area contributed by atoms with Gasteiger partial charge in [-0.25, -0.2) is 0 Å². The van der Waals surface area contributed by atoms with Crippen molar-refractivity contribution in [3.05, 3.63) is 24.3 Å². The number of rotatable bonds is 6. The highest BCUT2D eigenvalue weighted by atomic mass is 16.5. The molecule has 100 valence electrons. The molecule has 1 N–H and O–H groups in total. The van der Waals surface area contributed by atoms with Gasteiger partial charge in [0.1, 0.15) is 11.4 Å². The predicted molar refractivity (Wildman–Crippen MR) is 72.3 cm³/mol. The van der Waals surface area contributed by atoms with Crippen LogP contribution in [0.5, 0.6) is 5.75 Å². The molecule has 0 fully saturated rings. The summed E-state index contributed by atoms with van der Waals surface area (Å²) >= 11 is 0. The normalized spacial score (nSPS) is 11.1. The molecule has 0 spiro atoms. The minimum atomic E-state index is -0.797. The van der Waals surface area contributed by atoms with E-state index < -0.39 is 11.6 Å². The number of hydrogen-bond acceptors (Lipinski definition) is 3. The average molecular weight is 251 g/mol. The molecule has 0 saturated carbocycles. The van der Waals surface area contributed by atoms with E-state index in [2.05, 4.69) is 0 Å². The Labute approximate surface area is 108 Å². The maximum absolute atomic E-state index is 10.6. The molecule has 0 saturated heterocycles. The molecule has 4 heteroatoms. The Morgan fingerprint density at radius 1 is 1.39 bits per heavy atom. The van der Waals surface area contributed by atoms with Crippen LogP contribution in [0.4, 0.5) is 5.69 Å². The van der Waals surface area contributed by atoms with E-state index in [1.807, 2.05) is 57.1 Å². The van der Waals surface area contributed by atoms with Crippen molar-refractivity contribution in [2.75, 3.05) is 19.0 Å². The molecule has 0 aliphatic rings. The van der Waals surface area contributed by atoms with Crippen molar-refractivity contribution >= 4 is 11.7 Å². The Balaban J connectivity index is 2.71. The molecule has 1 aromatic rings. The van der Waals surface area contributed by atoms with Crippen LogP contribution in [0.3, 0.4) is 0 Å². The van der Waals surface area contributed by atoms with Gasteiger partial charge in [0.15, 0.2) is 0 Å². The van der Waals surface area contributed by atoms with Crippen LogP contribution >= 0.6 is 0 Å². The van der Waals surface area contributed by atoms with E-state index in [4.69, 9.17) is 9.84 Å². The van der Waals surface area contributed by atoms with Crippen molar-refractivity contribution in [3.8, 4) is 5.75 Å². The topological polar surface area (TPSA) is 49.8 Å². The lowest BCUT2D eigenvalue weighted by molar-refractivity contribution is -0.138. The zero-order valence-electron chi connectivity index (χ0n) is 11.4. The van der Waals surface area contributed by atoms with E-state index in [0.29, 0.717) is 6.42 Å². The second-order valence-corrected chi connectivity index (χ2v) is 5.15. The predicted octanol–water partition coefficient (Wildman–Crippen LogP) is 2.77. The molecule has 0 atom stereocenters. The van der Waals surface area contributed by atoms with Crippen molar-refractivity contribution in [1.29, 1.82) is 0 Å². The lowest BCUT2D eigenvalue weighted by Gasteiger charge is -2.26. The third kappa shape index (κ3) is 4.65. The molecule has 0 radical (unpaired) electrons. The average Bonchev–Trinajstić information content (AvgIpc) is 2.26. The molecule has 0 unspecified atom stereocenters. The maximum Gasteiger partial charge on any atom is 0.303 e. The second-order valence-electron chi connectivity index (χ2n) is 5.15. The molecular weight excluding hydrogens is 230 g/mol. The van der Waals surface area contributed by atoms with Gasteiger partial charge in [0, 0.05) is 32.3 Å². The first-order valence-electron chi connectivity index (χ1n) is 5.98. The first-order chi connectivity index (χ1) is 8.30. The summed E-state index contributed by atoms with van der Waals surface area (Å²) in [4.78, 5) is 12.6. The smallest absolute Gasteiger partial charge is 0.303 e. The Kier molecular flexibility index (Phi) is 4.59. The van der Waals surface area contributed by atoms with Crippen LogP contribution in [-0.4, -0.2) is 30.8 Å². The quantitative estimate of drug-likeness (QED) is 0.844. The van der Waals surface area contributed by atoms with E-state index >= 15 is 0 Å². The third-order valence-electron chi connectivity index (χ3n) is 2.67. The zero-order valence-corrected chi connectivity index (χ0v) is 11.4. The highest BCUT2D eigenvalue weighted by molar-refractivity contribution is 5.66. The first-order valence-corrected chi connectivity index (χ1v) is 5.98. The molecule has 0 heterocycles. The molecular formula is C14H21NO3. The van der Waals surface area contributed by atoms with Crippen LogP contribution < -0.4 is 9.64 Å². The van der Waals surface area contributed by atoms with Gasteiger partial charge >= 0.3 is 5.97 Å². The molecule has 18 heavy (non-hydrogen) atoms. The van der Waals surface area contributed by atoms with Crippen molar-refractivity contribution in [2.45, 2.75) is 32.3 Å². The number of carboxylic acid groups (broad SMARTS) is 1. The summed E-state index contributed by atoms with van der Waals surface area (Å²) < 4.78 is 5.85. The highest BCUT2D eigenvalue weighted by Gasteiger charge is 2.21. The number of aliphatic carboxylic acids is 1. The van der Waals surface area contributed by atoms with E-state index in [9.17, 15) is 4.79 Å². The molecule has 0 aliphatic carbocycles. The third-order valence-corrected chi connectivity index (χ3v) is 2.67. The number of carboxylic acids is 1. The van der Waals surface area contributed by atoms with Crippen LogP contribution in [-0.2, 0) is 4.79 Å². The van der Waals surface area contributed by atoms with Crippen molar-refractivity contribution in [1.82, 2.24) is 0 Å². The van der Waals surface area contributed by atoms with Crippen LogP contribution in [0.1, 0.15) is 26.7 Å². The minimum absolute atomic E-state index is 0.111. The zero-order chi connectivity index (χ0) is 13.8. The highest BCUT2D eigenvalue weighted by Crippen LogP contribution is 2.25. The van der Waals surface area contributed by atoms with Gasteiger partial charge in [-0.3, -0.25) is 4.79 Å². The monoisotopic (exact) mass is 251 g/mol. The standard InChI is InChI=1S/C14H21NO3/c1-14(2,9-8-13(16)17)18-12-7-5-6-11(10-12)15(3)4/h5-7,10H,8-9H2,1-4H3,(H,16,17). The molecule has 1 aromatic carbocycles. The Morgan fingerprint density at radius 3 is 2.61 bits per heavy atom. The number of carbonyl (C=O) groups is 1. The fourth-order valence-corrected chi connectivity index (χ4v) is 1.60. The van der Waals surface area contributed by atoms with Gasteiger partial charge in [0.2, 0.25) is 0 Å². The number of benzene rings is 1. The summed E-state index contributed by atoms with van der Waals surface area (Å²) in [5.74, 6) is -0.0368. The van der Waals surface area contributed by atoms with Gasteiger partial charge in [0.05, 0.1) is 0 Å². The van der Waals surface area contributed by atoms with Crippen molar-refractivity contribution in [2.24, 2.45) is 0 Å². The van der Waals surface area contributed by atoms with Gasteiger partial charge in [-0.05, 0) is 32.4 Å². The summed E-state index contributed by atoms with van der Waals surface area (Å²) in [6, 6.07) is 7.76. The van der Waals surface area contributed by atoms with Crippen LogP contribution in [0, 0.1) is 0 Å². The molecule has 0 amide bonds.